The molecular formula is C25H28ClNO7. The van der Waals surface area contributed by atoms with E-state index in [9.17, 15) is 15.0 Å². The van der Waals surface area contributed by atoms with E-state index >= 15 is 0 Å². The standard InChI is InChI=1S/C25H28ClNO7/c1-27-8-7-16(18(27)13-28)23-22(33-14-32-10-9-31-2)12-20(30)24-19(29)11-21(34-25(23)24)15-5-3-4-6-17(15)26/h3-6,11-12,16,18,28,30H,7-10,13-14H2,1-2H3/t16-,18+/m0/s1. The minimum absolute atomic E-state index is 0.0599. The van der Waals surface area contributed by atoms with Crippen LogP contribution in [0.5, 0.6) is 11.5 Å². The Labute approximate surface area is 202 Å². The Bertz CT molecular complexity index is 1210. The summed E-state index contributed by atoms with van der Waals surface area (Å²) in [6, 6.07) is 9.59. The number of likely N-dealkylation sites (N-methyl/N-ethyl adjacent to an activating group) is 1. The molecule has 2 atom stereocenters. The largest absolute Gasteiger partial charge is 0.507 e. The van der Waals surface area contributed by atoms with E-state index < -0.39 is 5.43 Å². The maximum atomic E-state index is 13.1. The van der Waals surface area contributed by atoms with Crippen molar-refractivity contribution in [1.82, 2.24) is 4.90 Å². The Kier molecular flexibility index (Phi) is 7.75. The lowest BCUT2D eigenvalue weighted by molar-refractivity contribution is -0.00913. The zero-order valence-electron chi connectivity index (χ0n) is 19.1. The minimum atomic E-state index is -0.398. The Balaban J connectivity index is 1.90. The average Bonchev–Trinajstić information content (AvgIpc) is 3.18. The molecule has 0 bridgehead atoms. The molecule has 1 saturated heterocycles. The fraction of sp³-hybridized carbons (Fsp3) is 0.400. The molecule has 8 nitrogen and oxygen atoms in total. The van der Waals surface area contributed by atoms with Crippen molar-refractivity contribution in [3.05, 3.63) is 57.2 Å². The van der Waals surface area contributed by atoms with Gasteiger partial charge in [0.1, 0.15) is 28.2 Å². The van der Waals surface area contributed by atoms with Gasteiger partial charge in [0.05, 0.1) is 24.8 Å². The number of likely N-dealkylation sites (tertiary alicyclic amines) is 1. The van der Waals surface area contributed by atoms with Crippen LogP contribution in [0.25, 0.3) is 22.3 Å². The summed E-state index contributed by atoms with van der Waals surface area (Å²) in [5, 5.41) is 21.3. The molecule has 0 spiro atoms. The third-order valence-corrected chi connectivity index (χ3v) is 6.56. The lowest BCUT2D eigenvalue weighted by Crippen LogP contribution is -2.32. The molecule has 182 valence electrons. The van der Waals surface area contributed by atoms with Crippen LogP contribution in [-0.4, -0.2) is 68.5 Å². The van der Waals surface area contributed by atoms with E-state index in [1.807, 2.05) is 7.05 Å². The summed E-state index contributed by atoms with van der Waals surface area (Å²) in [5.41, 5.74) is 0.986. The number of aromatic hydroxyl groups is 1. The Morgan fingerprint density at radius 3 is 2.76 bits per heavy atom. The number of aliphatic hydroxyl groups excluding tert-OH is 1. The van der Waals surface area contributed by atoms with Gasteiger partial charge >= 0.3 is 0 Å². The summed E-state index contributed by atoms with van der Waals surface area (Å²) in [6.07, 6.45) is 0.711. The van der Waals surface area contributed by atoms with Crippen molar-refractivity contribution in [2.24, 2.45) is 0 Å². The van der Waals surface area contributed by atoms with Crippen molar-refractivity contribution < 1.29 is 28.8 Å². The number of methoxy groups -OCH3 is 1. The summed E-state index contributed by atoms with van der Waals surface area (Å²) in [7, 11) is 3.51. The minimum Gasteiger partial charge on any atom is -0.507 e. The van der Waals surface area contributed by atoms with Gasteiger partial charge in [-0.2, -0.15) is 0 Å². The van der Waals surface area contributed by atoms with Crippen molar-refractivity contribution in [2.45, 2.75) is 18.4 Å². The molecule has 3 aromatic rings. The number of halogens is 1. The quantitative estimate of drug-likeness (QED) is 0.347. The van der Waals surface area contributed by atoms with Crippen LogP contribution in [0, 0.1) is 0 Å². The van der Waals surface area contributed by atoms with Crippen LogP contribution in [0.4, 0.5) is 0 Å². The van der Waals surface area contributed by atoms with Crippen LogP contribution in [0.2, 0.25) is 5.02 Å². The number of benzene rings is 2. The van der Waals surface area contributed by atoms with Crippen molar-refractivity contribution in [2.75, 3.05) is 47.3 Å². The van der Waals surface area contributed by atoms with E-state index in [4.69, 9.17) is 30.2 Å². The Hall–Kier alpha value is -2.62. The highest BCUT2D eigenvalue weighted by atomic mass is 35.5. The van der Waals surface area contributed by atoms with Crippen LogP contribution >= 0.6 is 11.6 Å². The van der Waals surface area contributed by atoms with Gasteiger partial charge < -0.3 is 33.7 Å². The van der Waals surface area contributed by atoms with Gasteiger partial charge in [0.25, 0.3) is 0 Å². The molecule has 2 heterocycles. The van der Waals surface area contributed by atoms with E-state index in [1.165, 1.54) is 12.1 Å². The molecule has 0 unspecified atom stereocenters. The molecule has 0 aliphatic carbocycles. The molecule has 1 aromatic heterocycles. The highest BCUT2D eigenvalue weighted by Gasteiger charge is 2.37. The lowest BCUT2D eigenvalue weighted by atomic mass is 9.89. The third-order valence-electron chi connectivity index (χ3n) is 6.23. The molecule has 1 fully saturated rings. The second-order valence-corrected chi connectivity index (χ2v) is 8.66. The first-order chi connectivity index (χ1) is 16.5. The average molecular weight is 490 g/mol. The highest BCUT2D eigenvalue weighted by Crippen LogP contribution is 2.45. The van der Waals surface area contributed by atoms with Gasteiger partial charge in [-0.3, -0.25) is 4.79 Å². The molecule has 2 N–H and O–H groups in total. The number of hydrogen-bond acceptors (Lipinski definition) is 8. The molecule has 2 aromatic carbocycles. The predicted octanol–water partition coefficient (Wildman–Crippen LogP) is 3.60. The number of nitrogens with zero attached hydrogens (tertiary/aromatic N) is 1. The molecular weight excluding hydrogens is 462 g/mol. The second-order valence-electron chi connectivity index (χ2n) is 8.26. The SMILES string of the molecule is COCCOCOc1cc(O)c2c(=O)cc(-c3ccccc3Cl)oc2c1[C@H]1CCN(C)[C@@H]1CO. The Morgan fingerprint density at radius 2 is 2.03 bits per heavy atom. The number of rotatable bonds is 9. The van der Waals surface area contributed by atoms with Gasteiger partial charge in [-0.25, -0.2) is 0 Å². The molecule has 1 aliphatic rings. The van der Waals surface area contributed by atoms with Gasteiger partial charge in [0.2, 0.25) is 0 Å². The summed E-state index contributed by atoms with van der Waals surface area (Å²) in [6.45, 7) is 1.33. The maximum absolute atomic E-state index is 13.1. The smallest absolute Gasteiger partial charge is 0.197 e. The summed E-state index contributed by atoms with van der Waals surface area (Å²) in [4.78, 5) is 15.2. The van der Waals surface area contributed by atoms with Crippen molar-refractivity contribution in [3.8, 4) is 22.8 Å². The topological polar surface area (TPSA) is 102 Å². The Morgan fingerprint density at radius 1 is 1.24 bits per heavy atom. The van der Waals surface area contributed by atoms with Crippen LogP contribution in [0.1, 0.15) is 17.9 Å². The number of aliphatic hydroxyl groups is 1. The van der Waals surface area contributed by atoms with Crippen LogP contribution in [0.3, 0.4) is 0 Å². The number of fused-ring (bicyclic) bond motifs is 1. The zero-order valence-corrected chi connectivity index (χ0v) is 19.9. The molecule has 4 rings (SSSR count). The van der Waals surface area contributed by atoms with Crippen molar-refractivity contribution in [3.63, 3.8) is 0 Å². The first kappa shape index (κ1) is 24.5. The van der Waals surface area contributed by atoms with Gasteiger partial charge in [0.15, 0.2) is 12.2 Å². The number of hydrogen-bond donors (Lipinski definition) is 2. The molecule has 1 aliphatic heterocycles. The third kappa shape index (κ3) is 4.78. The molecule has 34 heavy (non-hydrogen) atoms. The number of ether oxygens (including phenoxy) is 3. The molecule has 0 radical (unpaired) electrons. The predicted molar refractivity (Wildman–Crippen MR) is 129 cm³/mol. The van der Waals surface area contributed by atoms with Crippen LogP contribution in [0.15, 0.2) is 45.6 Å². The first-order valence-corrected chi connectivity index (χ1v) is 11.4. The van der Waals surface area contributed by atoms with E-state index in [2.05, 4.69) is 4.90 Å². The summed E-state index contributed by atoms with van der Waals surface area (Å²) < 4.78 is 22.6. The molecule has 9 heteroatoms. The fourth-order valence-corrected chi connectivity index (χ4v) is 4.72. The van der Waals surface area contributed by atoms with Crippen LogP contribution < -0.4 is 10.2 Å². The van der Waals surface area contributed by atoms with E-state index in [0.29, 0.717) is 41.5 Å². The maximum Gasteiger partial charge on any atom is 0.197 e. The lowest BCUT2D eigenvalue weighted by Gasteiger charge is -2.25. The van der Waals surface area contributed by atoms with Crippen LogP contribution in [-0.2, 0) is 9.47 Å². The van der Waals surface area contributed by atoms with Gasteiger partial charge in [-0.15, -0.1) is 0 Å². The molecule has 0 saturated carbocycles. The number of phenols is 1. The van der Waals surface area contributed by atoms with Crippen molar-refractivity contribution in [1.29, 1.82) is 0 Å². The van der Waals surface area contributed by atoms with Crippen molar-refractivity contribution >= 4 is 22.6 Å². The molecule has 0 amide bonds. The normalized spacial score (nSPS) is 18.6. The second kappa shape index (κ2) is 10.8. The zero-order chi connectivity index (χ0) is 24.2. The summed E-state index contributed by atoms with van der Waals surface area (Å²) >= 11 is 6.36. The summed E-state index contributed by atoms with van der Waals surface area (Å²) in [5.74, 6) is 0.165. The van der Waals surface area contributed by atoms with E-state index in [-0.39, 0.29) is 47.8 Å². The number of phenolic OH excluding ortho intramolecular Hbond substituents is 1. The van der Waals surface area contributed by atoms with E-state index in [0.717, 1.165) is 6.54 Å². The van der Waals surface area contributed by atoms with Gasteiger partial charge in [-0.05, 0) is 32.1 Å². The van der Waals surface area contributed by atoms with E-state index in [1.54, 1.807) is 31.4 Å². The van der Waals surface area contributed by atoms with Gasteiger partial charge in [0, 0.05) is 42.3 Å². The fourth-order valence-electron chi connectivity index (χ4n) is 4.49. The van der Waals surface area contributed by atoms with Gasteiger partial charge in [-0.1, -0.05) is 23.7 Å². The highest BCUT2D eigenvalue weighted by molar-refractivity contribution is 6.33. The monoisotopic (exact) mass is 489 g/mol. The first-order valence-electron chi connectivity index (χ1n) is 11.1.